The molecule has 1 atom stereocenters. The van der Waals surface area contributed by atoms with Crippen LogP contribution in [0.25, 0.3) is 0 Å². The third-order valence-electron chi connectivity index (χ3n) is 3.08. The highest BCUT2D eigenvalue weighted by Crippen LogP contribution is 2.30. The summed E-state index contributed by atoms with van der Waals surface area (Å²) in [5.74, 6) is 0.584. The van der Waals surface area contributed by atoms with Gasteiger partial charge in [-0.05, 0) is 32.1 Å². The lowest BCUT2D eigenvalue weighted by molar-refractivity contribution is 0.200. The van der Waals surface area contributed by atoms with Crippen molar-refractivity contribution in [3.63, 3.8) is 0 Å². The molecule has 0 heterocycles. The molecule has 0 amide bonds. The Balaban J connectivity index is 2.16. The number of nitrogens with one attached hydrogen (secondary N) is 1. The fourth-order valence-corrected chi connectivity index (χ4v) is 1.48. The zero-order valence-electron chi connectivity index (χ0n) is 8.56. The van der Waals surface area contributed by atoms with Gasteiger partial charge >= 0.3 is 0 Å². The molecule has 0 aromatic carbocycles. The molecule has 1 rings (SSSR count). The van der Waals surface area contributed by atoms with Crippen molar-refractivity contribution in [2.24, 2.45) is 11.7 Å². The van der Waals surface area contributed by atoms with E-state index in [1.54, 1.807) is 0 Å². The van der Waals surface area contributed by atoms with Crippen LogP contribution in [0.4, 0.5) is 0 Å². The predicted molar refractivity (Wildman–Crippen MR) is 53.1 cm³/mol. The van der Waals surface area contributed by atoms with Crippen LogP contribution in [0.15, 0.2) is 0 Å². The maximum absolute atomic E-state index is 5.94. The van der Waals surface area contributed by atoms with E-state index in [-0.39, 0.29) is 0 Å². The summed E-state index contributed by atoms with van der Waals surface area (Å²) in [4.78, 5) is 0. The number of hydrogen-bond acceptors (Lipinski definition) is 2. The molecule has 0 radical (unpaired) electrons. The van der Waals surface area contributed by atoms with E-state index in [1.165, 1.54) is 19.3 Å². The van der Waals surface area contributed by atoms with E-state index in [9.17, 15) is 0 Å². The van der Waals surface area contributed by atoms with Crippen molar-refractivity contribution in [2.45, 2.75) is 51.6 Å². The lowest BCUT2D eigenvalue weighted by atomic mass is 9.78. The molecule has 72 valence electrons. The molecule has 12 heavy (non-hydrogen) atoms. The molecule has 0 bridgehead atoms. The van der Waals surface area contributed by atoms with Crippen LogP contribution in [0.5, 0.6) is 0 Å². The monoisotopic (exact) mass is 170 g/mol. The van der Waals surface area contributed by atoms with Gasteiger partial charge in [-0.15, -0.1) is 0 Å². The summed E-state index contributed by atoms with van der Waals surface area (Å²) in [7, 11) is 0. The third kappa shape index (κ3) is 2.46. The van der Waals surface area contributed by atoms with E-state index < -0.39 is 0 Å². The molecule has 0 aliphatic heterocycles. The molecule has 1 aliphatic carbocycles. The summed E-state index contributed by atoms with van der Waals surface area (Å²) in [6.45, 7) is 7.61. The van der Waals surface area contributed by atoms with Gasteiger partial charge in [0.25, 0.3) is 0 Å². The third-order valence-corrected chi connectivity index (χ3v) is 3.08. The molecule has 2 nitrogen and oxygen atoms in total. The normalized spacial score (nSPS) is 23.8. The Bertz CT molecular complexity index is 139. The topological polar surface area (TPSA) is 38.0 Å². The highest BCUT2D eigenvalue weighted by molar-refractivity contribution is 4.92. The molecule has 1 unspecified atom stereocenters. The Morgan fingerprint density at radius 2 is 2.00 bits per heavy atom. The smallest absolute Gasteiger partial charge is 0.0188 e. The molecule has 1 aliphatic rings. The van der Waals surface area contributed by atoms with Gasteiger partial charge < -0.3 is 11.1 Å². The maximum Gasteiger partial charge on any atom is 0.0188 e. The van der Waals surface area contributed by atoms with E-state index in [4.69, 9.17) is 5.73 Å². The van der Waals surface area contributed by atoms with Gasteiger partial charge in [0, 0.05) is 18.1 Å². The van der Waals surface area contributed by atoms with E-state index in [1.807, 2.05) is 0 Å². The summed E-state index contributed by atoms with van der Waals surface area (Å²) in [6.07, 6.45) is 4.01. The number of nitrogens with two attached hydrogens (primary N) is 1. The van der Waals surface area contributed by atoms with Gasteiger partial charge in [-0.1, -0.05) is 13.8 Å². The van der Waals surface area contributed by atoms with Gasteiger partial charge in [0.1, 0.15) is 0 Å². The fourth-order valence-electron chi connectivity index (χ4n) is 1.48. The minimum atomic E-state index is 0.308. The van der Waals surface area contributed by atoms with Crippen LogP contribution < -0.4 is 11.1 Å². The van der Waals surface area contributed by atoms with Crippen LogP contribution in [-0.4, -0.2) is 18.1 Å². The van der Waals surface area contributed by atoms with Crippen LogP contribution in [-0.2, 0) is 0 Å². The van der Waals surface area contributed by atoms with Crippen molar-refractivity contribution >= 4 is 0 Å². The minimum Gasteiger partial charge on any atom is -0.326 e. The first-order chi connectivity index (χ1) is 5.53. The minimum absolute atomic E-state index is 0.308. The second kappa shape index (κ2) is 3.75. The van der Waals surface area contributed by atoms with Crippen LogP contribution >= 0.6 is 0 Å². The molecular weight excluding hydrogens is 148 g/mol. The first kappa shape index (κ1) is 10.0. The highest BCUT2D eigenvalue weighted by Gasteiger charge is 2.31. The average molecular weight is 170 g/mol. The van der Waals surface area contributed by atoms with Gasteiger partial charge in [-0.3, -0.25) is 0 Å². The zero-order valence-corrected chi connectivity index (χ0v) is 8.56. The first-order valence-corrected chi connectivity index (χ1v) is 5.04. The SMILES string of the molecule is CC(C)C(N)CNC1(C)CCC1. The van der Waals surface area contributed by atoms with Gasteiger partial charge in [-0.25, -0.2) is 0 Å². The Morgan fingerprint density at radius 1 is 1.42 bits per heavy atom. The van der Waals surface area contributed by atoms with Crippen molar-refractivity contribution in [1.29, 1.82) is 0 Å². The van der Waals surface area contributed by atoms with Gasteiger partial charge in [0.15, 0.2) is 0 Å². The molecule has 0 saturated heterocycles. The standard InChI is InChI=1S/C10H22N2/c1-8(2)9(11)7-12-10(3)5-4-6-10/h8-9,12H,4-7,11H2,1-3H3. The molecule has 0 aromatic heterocycles. The molecular formula is C10H22N2. The number of hydrogen-bond donors (Lipinski definition) is 2. The van der Waals surface area contributed by atoms with Crippen molar-refractivity contribution in [2.75, 3.05) is 6.54 Å². The quantitative estimate of drug-likeness (QED) is 0.671. The lowest BCUT2D eigenvalue weighted by Crippen LogP contribution is -2.52. The van der Waals surface area contributed by atoms with Crippen LogP contribution in [0.1, 0.15) is 40.0 Å². The Labute approximate surface area is 75.9 Å². The Kier molecular flexibility index (Phi) is 3.13. The summed E-state index contributed by atoms with van der Waals surface area (Å²) in [6, 6.07) is 0.308. The molecule has 0 aromatic rings. The largest absolute Gasteiger partial charge is 0.326 e. The molecule has 3 N–H and O–H groups in total. The van der Waals surface area contributed by atoms with Crippen molar-refractivity contribution in [3.8, 4) is 0 Å². The van der Waals surface area contributed by atoms with Crippen LogP contribution in [0, 0.1) is 5.92 Å². The van der Waals surface area contributed by atoms with E-state index >= 15 is 0 Å². The van der Waals surface area contributed by atoms with E-state index in [0.29, 0.717) is 17.5 Å². The van der Waals surface area contributed by atoms with E-state index in [2.05, 4.69) is 26.1 Å². The maximum atomic E-state index is 5.94. The summed E-state index contributed by atoms with van der Waals surface area (Å²) in [5.41, 5.74) is 6.35. The van der Waals surface area contributed by atoms with Crippen molar-refractivity contribution < 1.29 is 0 Å². The van der Waals surface area contributed by atoms with Crippen molar-refractivity contribution in [3.05, 3.63) is 0 Å². The summed E-state index contributed by atoms with van der Waals surface area (Å²) >= 11 is 0. The highest BCUT2D eigenvalue weighted by atomic mass is 15.0. The van der Waals surface area contributed by atoms with Gasteiger partial charge in [0.2, 0.25) is 0 Å². The van der Waals surface area contributed by atoms with Gasteiger partial charge in [-0.2, -0.15) is 0 Å². The number of rotatable bonds is 4. The average Bonchev–Trinajstić information content (AvgIpc) is 1.96. The second-order valence-corrected chi connectivity index (χ2v) is 4.70. The lowest BCUT2D eigenvalue weighted by Gasteiger charge is -2.40. The zero-order chi connectivity index (χ0) is 9.19. The fraction of sp³-hybridized carbons (Fsp3) is 1.00. The Hall–Kier alpha value is -0.0800. The molecule has 2 heteroatoms. The molecule has 1 saturated carbocycles. The molecule has 0 spiro atoms. The second-order valence-electron chi connectivity index (χ2n) is 4.70. The molecule has 1 fully saturated rings. The van der Waals surface area contributed by atoms with Crippen LogP contribution in [0.3, 0.4) is 0 Å². The van der Waals surface area contributed by atoms with E-state index in [0.717, 1.165) is 6.54 Å². The van der Waals surface area contributed by atoms with Gasteiger partial charge in [0.05, 0.1) is 0 Å². The van der Waals surface area contributed by atoms with Crippen LogP contribution in [0.2, 0.25) is 0 Å². The predicted octanol–water partition coefficient (Wildman–Crippen LogP) is 1.50. The summed E-state index contributed by atoms with van der Waals surface area (Å²) in [5, 5.41) is 3.55. The Morgan fingerprint density at radius 3 is 2.33 bits per heavy atom. The van der Waals surface area contributed by atoms with Crippen molar-refractivity contribution in [1.82, 2.24) is 5.32 Å². The summed E-state index contributed by atoms with van der Waals surface area (Å²) < 4.78 is 0. The first-order valence-electron chi connectivity index (χ1n) is 5.04.